The molecule has 0 saturated heterocycles. The van der Waals surface area contributed by atoms with Gasteiger partial charge in [-0.25, -0.2) is 4.98 Å². The molecule has 5 heteroatoms. The minimum absolute atomic E-state index is 0.179. The molecule has 0 radical (unpaired) electrons. The van der Waals surface area contributed by atoms with Crippen molar-refractivity contribution in [1.29, 1.82) is 0 Å². The third-order valence-electron chi connectivity index (χ3n) is 2.13. The molecule has 17 heavy (non-hydrogen) atoms. The Morgan fingerprint density at radius 2 is 2.24 bits per heavy atom. The predicted octanol–water partition coefficient (Wildman–Crippen LogP) is 1.28. The van der Waals surface area contributed by atoms with Crippen LogP contribution in [0.25, 0.3) is 0 Å². The van der Waals surface area contributed by atoms with Crippen LogP contribution < -0.4 is 10.6 Å². The van der Waals surface area contributed by atoms with Gasteiger partial charge in [-0.2, -0.15) is 0 Å². The molecule has 0 aliphatic rings. The number of carbonyl (C=O) groups excluding carboxylic acids is 1. The molecule has 0 spiro atoms. The van der Waals surface area contributed by atoms with Gasteiger partial charge in [0.1, 0.15) is 11.5 Å². The largest absolute Gasteiger partial charge is 0.383 e. The topological polar surface area (TPSA) is 63.2 Å². The van der Waals surface area contributed by atoms with Crippen LogP contribution in [0.1, 0.15) is 23.8 Å². The number of hydrogen-bond acceptors (Lipinski definition) is 4. The molecule has 0 saturated carbocycles. The minimum Gasteiger partial charge on any atom is -0.383 e. The van der Waals surface area contributed by atoms with E-state index in [9.17, 15) is 4.79 Å². The Bertz CT molecular complexity index is 355. The Morgan fingerprint density at radius 3 is 2.94 bits per heavy atom. The van der Waals surface area contributed by atoms with Crippen molar-refractivity contribution in [3.05, 3.63) is 23.9 Å². The van der Waals surface area contributed by atoms with Crippen LogP contribution in [0, 0.1) is 0 Å². The number of ether oxygens (including phenoxy) is 1. The lowest BCUT2D eigenvalue weighted by Gasteiger charge is -2.07. The van der Waals surface area contributed by atoms with Crippen molar-refractivity contribution < 1.29 is 9.53 Å². The summed E-state index contributed by atoms with van der Waals surface area (Å²) in [6, 6.07) is 5.36. The molecule has 94 valence electrons. The standard InChI is InChI=1S/C12H19N3O2/c1-3-7-13-11-6-4-5-10(15-11)12(16)14-8-9-17-2/h4-6H,3,7-9H2,1-2H3,(H,13,15)(H,14,16). The van der Waals surface area contributed by atoms with Crippen LogP contribution in [0.3, 0.4) is 0 Å². The summed E-state index contributed by atoms with van der Waals surface area (Å²) in [6.07, 6.45) is 1.02. The van der Waals surface area contributed by atoms with Crippen LogP contribution in [-0.2, 0) is 4.74 Å². The first kappa shape index (κ1) is 13.4. The molecule has 0 atom stereocenters. The maximum absolute atomic E-state index is 11.7. The van der Waals surface area contributed by atoms with Crippen molar-refractivity contribution in [3.63, 3.8) is 0 Å². The smallest absolute Gasteiger partial charge is 0.270 e. The fraction of sp³-hybridized carbons (Fsp3) is 0.500. The van der Waals surface area contributed by atoms with Crippen molar-refractivity contribution >= 4 is 11.7 Å². The summed E-state index contributed by atoms with van der Waals surface area (Å²) < 4.78 is 4.86. The first-order valence-corrected chi connectivity index (χ1v) is 5.76. The molecule has 2 N–H and O–H groups in total. The number of anilines is 1. The van der Waals surface area contributed by atoms with Gasteiger partial charge in [0.25, 0.3) is 5.91 Å². The van der Waals surface area contributed by atoms with Crippen LogP contribution in [0.15, 0.2) is 18.2 Å². The third-order valence-corrected chi connectivity index (χ3v) is 2.13. The summed E-state index contributed by atoms with van der Waals surface area (Å²) in [5.41, 5.74) is 0.419. The second kappa shape index (κ2) is 7.62. The number of pyridine rings is 1. The zero-order chi connectivity index (χ0) is 12.5. The molecule has 1 rings (SSSR count). The molecular formula is C12H19N3O2. The summed E-state index contributed by atoms with van der Waals surface area (Å²) >= 11 is 0. The Kier molecular flexibility index (Phi) is 6.03. The lowest BCUT2D eigenvalue weighted by Crippen LogP contribution is -2.27. The highest BCUT2D eigenvalue weighted by atomic mass is 16.5. The Balaban J connectivity index is 2.54. The number of hydrogen-bond donors (Lipinski definition) is 2. The van der Waals surface area contributed by atoms with Crippen molar-refractivity contribution in [1.82, 2.24) is 10.3 Å². The molecule has 5 nitrogen and oxygen atoms in total. The van der Waals surface area contributed by atoms with Gasteiger partial charge in [-0.1, -0.05) is 13.0 Å². The van der Waals surface area contributed by atoms with E-state index >= 15 is 0 Å². The van der Waals surface area contributed by atoms with Crippen molar-refractivity contribution in [2.24, 2.45) is 0 Å². The first-order valence-electron chi connectivity index (χ1n) is 5.76. The van der Waals surface area contributed by atoms with Crippen molar-refractivity contribution in [2.75, 3.05) is 32.1 Å². The van der Waals surface area contributed by atoms with Gasteiger partial charge in [0.05, 0.1) is 6.61 Å². The number of nitrogens with one attached hydrogen (secondary N) is 2. The zero-order valence-corrected chi connectivity index (χ0v) is 10.3. The van der Waals surface area contributed by atoms with E-state index in [1.807, 2.05) is 12.1 Å². The van der Waals surface area contributed by atoms with E-state index in [4.69, 9.17) is 4.74 Å². The molecule has 0 unspecified atom stereocenters. The number of nitrogens with zero attached hydrogens (tertiary/aromatic N) is 1. The predicted molar refractivity (Wildman–Crippen MR) is 67.2 cm³/mol. The van der Waals surface area contributed by atoms with Gasteiger partial charge in [0.15, 0.2) is 0 Å². The quantitative estimate of drug-likeness (QED) is 0.701. The van der Waals surface area contributed by atoms with E-state index in [-0.39, 0.29) is 5.91 Å². The number of amides is 1. The number of carbonyl (C=O) groups is 1. The molecule has 0 aliphatic heterocycles. The Labute approximate surface area is 102 Å². The maximum Gasteiger partial charge on any atom is 0.270 e. The fourth-order valence-corrected chi connectivity index (χ4v) is 1.27. The molecule has 0 fully saturated rings. The van der Waals surface area contributed by atoms with Gasteiger partial charge in [-0.05, 0) is 18.6 Å². The highest BCUT2D eigenvalue weighted by molar-refractivity contribution is 5.92. The molecule has 1 aromatic rings. The lowest BCUT2D eigenvalue weighted by molar-refractivity contribution is 0.0932. The summed E-state index contributed by atoms with van der Waals surface area (Å²) in [7, 11) is 1.60. The molecule has 0 bridgehead atoms. The average molecular weight is 237 g/mol. The molecule has 1 heterocycles. The zero-order valence-electron chi connectivity index (χ0n) is 10.3. The van der Waals surface area contributed by atoms with E-state index in [1.54, 1.807) is 13.2 Å². The monoisotopic (exact) mass is 237 g/mol. The first-order chi connectivity index (χ1) is 8.27. The van der Waals surface area contributed by atoms with Crippen LogP contribution in [-0.4, -0.2) is 37.7 Å². The van der Waals surface area contributed by atoms with Crippen LogP contribution in [0.4, 0.5) is 5.82 Å². The van der Waals surface area contributed by atoms with Gasteiger partial charge < -0.3 is 15.4 Å². The molecule has 1 aromatic heterocycles. The van der Waals surface area contributed by atoms with Gasteiger partial charge in [0, 0.05) is 20.2 Å². The van der Waals surface area contributed by atoms with Crippen molar-refractivity contribution in [3.8, 4) is 0 Å². The van der Waals surface area contributed by atoms with Crippen LogP contribution in [0.2, 0.25) is 0 Å². The van der Waals surface area contributed by atoms with Crippen molar-refractivity contribution in [2.45, 2.75) is 13.3 Å². The number of methoxy groups -OCH3 is 1. The summed E-state index contributed by atoms with van der Waals surface area (Å²) in [4.78, 5) is 15.9. The van der Waals surface area contributed by atoms with Gasteiger partial charge in [-0.3, -0.25) is 4.79 Å². The summed E-state index contributed by atoms with van der Waals surface area (Å²) in [5, 5.41) is 5.87. The second-order valence-electron chi connectivity index (χ2n) is 3.58. The van der Waals surface area contributed by atoms with Gasteiger partial charge in [0.2, 0.25) is 0 Å². The van der Waals surface area contributed by atoms with E-state index in [2.05, 4.69) is 22.5 Å². The SMILES string of the molecule is CCCNc1cccc(C(=O)NCCOC)n1. The Morgan fingerprint density at radius 1 is 1.41 bits per heavy atom. The third kappa shape index (κ3) is 4.82. The summed E-state index contributed by atoms with van der Waals surface area (Å²) in [5.74, 6) is 0.549. The second-order valence-corrected chi connectivity index (χ2v) is 3.58. The Hall–Kier alpha value is -1.62. The normalized spacial score (nSPS) is 10.0. The highest BCUT2D eigenvalue weighted by Crippen LogP contribution is 2.04. The molecule has 0 aliphatic carbocycles. The fourth-order valence-electron chi connectivity index (χ4n) is 1.27. The van der Waals surface area contributed by atoms with Gasteiger partial charge >= 0.3 is 0 Å². The van der Waals surface area contributed by atoms with E-state index in [1.165, 1.54) is 0 Å². The molecule has 1 amide bonds. The van der Waals surface area contributed by atoms with E-state index in [0.717, 1.165) is 18.8 Å². The van der Waals surface area contributed by atoms with Crippen LogP contribution >= 0.6 is 0 Å². The molecule has 0 aromatic carbocycles. The minimum atomic E-state index is -0.179. The van der Waals surface area contributed by atoms with Crippen LogP contribution in [0.5, 0.6) is 0 Å². The molecular weight excluding hydrogens is 218 g/mol. The lowest BCUT2D eigenvalue weighted by atomic mass is 10.3. The van der Waals surface area contributed by atoms with Gasteiger partial charge in [-0.15, -0.1) is 0 Å². The summed E-state index contributed by atoms with van der Waals surface area (Å²) in [6.45, 7) is 3.92. The van der Waals surface area contributed by atoms with E-state index in [0.29, 0.717) is 18.8 Å². The maximum atomic E-state index is 11.7. The average Bonchev–Trinajstić information content (AvgIpc) is 2.37. The number of rotatable bonds is 7. The highest BCUT2D eigenvalue weighted by Gasteiger charge is 2.06. The van der Waals surface area contributed by atoms with E-state index < -0.39 is 0 Å². The number of aromatic nitrogens is 1.